The van der Waals surface area contributed by atoms with Gasteiger partial charge in [-0.25, -0.2) is 0 Å². The summed E-state index contributed by atoms with van der Waals surface area (Å²) in [6.07, 6.45) is 1.75. The van der Waals surface area contributed by atoms with Crippen molar-refractivity contribution in [3.8, 4) is 0 Å². The predicted molar refractivity (Wildman–Crippen MR) is 87.6 cm³/mol. The molecule has 2 aromatic carbocycles. The molecule has 1 aliphatic carbocycles. The molecule has 108 valence electrons. The molecule has 0 amide bonds. The highest BCUT2D eigenvalue weighted by Gasteiger charge is 2.51. The molecule has 2 aromatic rings. The summed E-state index contributed by atoms with van der Waals surface area (Å²) < 4.78 is 0. The van der Waals surface area contributed by atoms with Crippen molar-refractivity contribution in [1.29, 1.82) is 0 Å². The number of fused-ring (bicyclic) bond motifs is 3. The van der Waals surface area contributed by atoms with Crippen LogP contribution in [0.2, 0.25) is 0 Å². The Morgan fingerprint density at radius 2 is 1.71 bits per heavy atom. The van der Waals surface area contributed by atoms with Crippen molar-refractivity contribution in [2.45, 2.75) is 24.4 Å². The van der Waals surface area contributed by atoms with Crippen LogP contribution in [0.3, 0.4) is 0 Å². The summed E-state index contributed by atoms with van der Waals surface area (Å²) in [5, 5.41) is 11.3. The molecule has 0 aromatic heterocycles. The maximum Gasteiger partial charge on any atom is 0.118 e. The number of nitrogens with zero attached hydrogens (tertiary/aromatic N) is 1. The largest absolute Gasteiger partial charge is 0.383 e. The van der Waals surface area contributed by atoms with Crippen molar-refractivity contribution in [1.82, 2.24) is 0 Å². The number of rotatable bonds is 1. The lowest BCUT2D eigenvalue weighted by Crippen LogP contribution is -2.42. The Morgan fingerprint density at radius 3 is 2.52 bits per heavy atom. The molecule has 2 aliphatic rings. The van der Waals surface area contributed by atoms with Crippen molar-refractivity contribution in [3.05, 3.63) is 71.3 Å². The summed E-state index contributed by atoms with van der Waals surface area (Å²) in [6, 6.07) is 18.6. The average molecular weight is 300 g/mol. The summed E-state index contributed by atoms with van der Waals surface area (Å²) in [7, 11) is 0. The third kappa shape index (κ3) is 2.02. The molecule has 2 atom stereocenters. The van der Waals surface area contributed by atoms with Gasteiger partial charge in [-0.15, -0.1) is 12.4 Å². The lowest BCUT2D eigenvalue weighted by molar-refractivity contribution is 0.0848. The fourth-order valence-corrected chi connectivity index (χ4v) is 3.72. The topological polar surface area (TPSA) is 32.6 Å². The van der Waals surface area contributed by atoms with Crippen molar-refractivity contribution in [2.24, 2.45) is 4.99 Å². The van der Waals surface area contributed by atoms with E-state index in [-0.39, 0.29) is 18.3 Å². The summed E-state index contributed by atoms with van der Waals surface area (Å²) in [5.41, 5.74) is 3.58. The van der Waals surface area contributed by atoms with Crippen LogP contribution >= 0.6 is 12.4 Å². The number of benzene rings is 2. The second-order valence-electron chi connectivity index (χ2n) is 5.69. The monoisotopic (exact) mass is 299 g/mol. The van der Waals surface area contributed by atoms with Gasteiger partial charge in [0, 0.05) is 18.0 Å². The van der Waals surface area contributed by atoms with Crippen molar-refractivity contribution >= 4 is 18.1 Å². The Hall–Kier alpha value is -1.64. The molecule has 0 radical (unpaired) electrons. The van der Waals surface area contributed by atoms with Crippen LogP contribution < -0.4 is 0 Å². The number of hydrogen-bond acceptors (Lipinski definition) is 2. The zero-order chi connectivity index (χ0) is 13.6. The smallest absolute Gasteiger partial charge is 0.118 e. The Kier molecular flexibility index (Phi) is 3.60. The lowest BCUT2D eigenvalue weighted by atomic mass is 9.78. The van der Waals surface area contributed by atoms with Crippen LogP contribution in [-0.2, 0) is 0 Å². The van der Waals surface area contributed by atoms with Crippen LogP contribution in [0.5, 0.6) is 0 Å². The van der Waals surface area contributed by atoms with E-state index in [9.17, 15) is 5.11 Å². The van der Waals surface area contributed by atoms with E-state index >= 15 is 0 Å². The fourth-order valence-electron chi connectivity index (χ4n) is 3.72. The molecule has 2 unspecified atom stereocenters. The van der Waals surface area contributed by atoms with Gasteiger partial charge in [0.15, 0.2) is 0 Å². The average Bonchev–Trinajstić information content (AvgIpc) is 2.76. The minimum absolute atomic E-state index is 0. The Morgan fingerprint density at radius 1 is 1.00 bits per heavy atom. The van der Waals surface area contributed by atoms with Crippen LogP contribution in [0.1, 0.15) is 35.4 Å². The third-order valence-corrected chi connectivity index (χ3v) is 4.53. The molecule has 2 nitrogen and oxygen atoms in total. The van der Waals surface area contributed by atoms with E-state index in [1.54, 1.807) is 0 Å². The Bertz CT molecular complexity index is 683. The molecule has 3 heteroatoms. The zero-order valence-corrected chi connectivity index (χ0v) is 12.5. The second-order valence-corrected chi connectivity index (χ2v) is 5.69. The summed E-state index contributed by atoms with van der Waals surface area (Å²) >= 11 is 0. The molecular weight excluding hydrogens is 282 g/mol. The van der Waals surface area contributed by atoms with E-state index < -0.39 is 5.60 Å². The maximum atomic E-state index is 11.3. The lowest BCUT2D eigenvalue weighted by Gasteiger charge is -2.33. The van der Waals surface area contributed by atoms with Crippen LogP contribution in [-0.4, -0.2) is 23.0 Å². The van der Waals surface area contributed by atoms with Gasteiger partial charge in [-0.3, -0.25) is 4.99 Å². The van der Waals surface area contributed by atoms with Crippen LogP contribution in [0.4, 0.5) is 0 Å². The van der Waals surface area contributed by atoms with E-state index in [2.05, 4.69) is 35.3 Å². The van der Waals surface area contributed by atoms with E-state index in [1.807, 2.05) is 24.3 Å². The highest BCUT2D eigenvalue weighted by atomic mass is 35.5. The van der Waals surface area contributed by atoms with Gasteiger partial charge in [0.25, 0.3) is 0 Å². The predicted octanol–water partition coefficient (Wildman–Crippen LogP) is 3.57. The number of halogens is 1. The molecule has 4 rings (SSSR count). The standard InChI is InChI=1S/C18H17NO.ClH/c20-18-11-6-12-19-17(18)15-10-5-4-9-14(15)16(18)13-7-2-1-3-8-13;/h1-5,7-10,16,20H,6,11-12H2;1H. The summed E-state index contributed by atoms with van der Waals surface area (Å²) in [6.45, 7) is 0.827. The molecule has 0 saturated heterocycles. The molecule has 1 N–H and O–H groups in total. The van der Waals surface area contributed by atoms with Crippen molar-refractivity contribution in [2.75, 3.05) is 6.54 Å². The molecule has 0 spiro atoms. The Balaban J connectivity index is 0.00000132. The highest BCUT2D eigenvalue weighted by Crippen LogP contribution is 2.48. The Labute approximate surface area is 131 Å². The number of aliphatic imine (C=N–C) groups is 1. The molecular formula is C18H18ClNO. The van der Waals surface area contributed by atoms with Gasteiger partial charge in [0.05, 0.1) is 5.71 Å². The van der Waals surface area contributed by atoms with E-state index in [4.69, 9.17) is 0 Å². The van der Waals surface area contributed by atoms with Gasteiger partial charge >= 0.3 is 0 Å². The van der Waals surface area contributed by atoms with Crippen molar-refractivity contribution in [3.63, 3.8) is 0 Å². The van der Waals surface area contributed by atoms with Crippen LogP contribution in [0.25, 0.3) is 0 Å². The normalized spacial score (nSPS) is 26.3. The third-order valence-electron chi connectivity index (χ3n) is 4.53. The minimum atomic E-state index is -0.830. The molecule has 21 heavy (non-hydrogen) atoms. The quantitative estimate of drug-likeness (QED) is 0.858. The molecule has 1 aliphatic heterocycles. The number of aliphatic hydroxyl groups is 1. The molecule has 0 bridgehead atoms. The van der Waals surface area contributed by atoms with Gasteiger partial charge < -0.3 is 5.11 Å². The minimum Gasteiger partial charge on any atom is -0.383 e. The van der Waals surface area contributed by atoms with Gasteiger partial charge in [0.1, 0.15) is 5.60 Å². The first-order valence-electron chi connectivity index (χ1n) is 7.22. The number of hydrogen-bond donors (Lipinski definition) is 1. The van der Waals surface area contributed by atoms with Gasteiger partial charge in [-0.1, -0.05) is 54.6 Å². The summed E-state index contributed by atoms with van der Waals surface area (Å²) in [4.78, 5) is 4.65. The van der Waals surface area contributed by atoms with Gasteiger partial charge in [-0.05, 0) is 24.0 Å². The van der Waals surface area contributed by atoms with E-state index in [0.717, 1.165) is 30.7 Å². The van der Waals surface area contributed by atoms with Crippen molar-refractivity contribution < 1.29 is 5.11 Å². The highest BCUT2D eigenvalue weighted by molar-refractivity contribution is 6.12. The van der Waals surface area contributed by atoms with Gasteiger partial charge in [-0.2, -0.15) is 0 Å². The first-order chi connectivity index (χ1) is 9.81. The molecule has 0 fully saturated rings. The molecule has 0 saturated carbocycles. The second kappa shape index (κ2) is 5.28. The SMILES string of the molecule is Cl.OC12CCCN=C1c1ccccc1C2c1ccccc1. The van der Waals surface area contributed by atoms with Gasteiger partial charge in [0.2, 0.25) is 0 Å². The maximum absolute atomic E-state index is 11.3. The fraction of sp³-hybridized carbons (Fsp3) is 0.278. The molecule has 1 heterocycles. The zero-order valence-electron chi connectivity index (χ0n) is 11.7. The summed E-state index contributed by atoms with van der Waals surface area (Å²) in [5.74, 6) is 0.0129. The first kappa shape index (κ1) is 14.3. The van der Waals surface area contributed by atoms with Crippen LogP contribution in [0.15, 0.2) is 59.6 Å². The van der Waals surface area contributed by atoms with E-state index in [0.29, 0.717) is 0 Å². The van der Waals surface area contributed by atoms with E-state index in [1.165, 1.54) is 11.1 Å². The van der Waals surface area contributed by atoms with Crippen LogP contribution in [0, 0.1) is 0 Å². The first-order valence-corrected chi connectivity index (χ1v) is 7.22.